The van der Waals surface area contributed by atoms with Crippen molar-refractivity contribution in [2.45, 2.75) is 45.1 Å². The lowest BCUT2D eigenvalue weighted by Crippen LogP contribution is -2.39. The summed E-state index contributed by atoms with van der Waals surface area (Å²) in [5.74, 6) is 1.15. The predicted octanol–water partition coefficient (Wildman–Crippen LogP) is 1.50. The third kappa shape index (κ3) is 1.91. The summed E-state index contributed by atoms with van der Waals surface area (Å²) in [5, 5.41) is 11.8. The van der Waals surface area contributed by atoms with Gasteiger partial charge in [-0.3, -0.25) is 0 Å². The zero-order valence-electron chi connectivity index (χ0n) is 9.82. The average Bonchev–Trinajstić information content (AvgIpc) is 2.67. The highest BCUT2D eigenvalue weighted by atomic mass is 15.3. The fourth-order valence-corrected chi connectivity index (χ4v) is 2.25. The van der Waals surface area contributed by atoms with Crippen LogP contribution in [0.3, 0.4) is 0 Å². The van der Waals surface area contributed by atoms with Crippen LogP contribution in [0.4, 0.5) is 0 Å². The number of nitrogens with one attached hydrogen (secondary N) is 1. The highest BCUT2D eigenvalue weighted by Crippen LogP contribution is 2.32. The van der Waals surface area contributed by atoms with Gasteiger partial charge >= 0.3 is 0 Å². The Bertz CT molecular complexity index is 323. The zero-order chi connectivity index (χ0) is 10.9. The van der Waals surface area contributed by atoms with E-state index in [0.717, 1.165) is 31.8 Å². The Kier molecular flexibility index (Phi) is 2.78. The third-order valence-corrected chi connectivity index (χ3v) is 3.38. The monoisotopic (exact) mass is 208 g/mol. The quantitative estimate of drug-likeness (QED) is 0.801. The molecule has 15 heavy (non-hydrogen) atoms. The summed E-state index contributed by atoms with van der Waals surface area (Å²) in [4.78, 5) is 0. The Hall–Kier alpha value is -0.900. The Labute approximate surface area is 91.1 Å². The summed E-state index contributed by atoms with van der Waals surface area (Å²) in [6.45, 7) is 8.83. The van der Waals surface area contributed by atoms with Crippen molar-refractivity contribution in [2.24, 2.45) is 0 Å². The van der Waals surface area contributed by atoms with Crippen molar-refractivity contribution in [1.29, 1.82) is 0 Å². The van der Waals surface area contributed by atoms with Gasteiger partial charge in [-0.15, -0.1) is 10.2 Å². The summed E-state index contributed by atoms with van der Waals surface area (Å²) in [5.41, 5.74) is 0.200. The van der Waals surface area contributed by atoms with E-state index in [-0.39, 0.29) is 5.41 Å². The number of piperidine rings is 1. The van der Waals surface area contributed by atoms with E-state index >= 15 is 0 Å². The molecule has 1 aromatic rings. The van der Waals surface area contributed by atoms with Crippen LogP contribution >= 0.6 is 0 Å². The number of aromatic nitrogens is 3. The molecule has 84 valence electrons. The minimum atomic E-state index is 0.200. The van der Waals surface area contributed by atoms with Crippen LogP contribution < -0.4 is 5.32 Å². The normalized spacial score (nSPS) is 20.8. The SMILES string of the molecule is CC(C)n1cnnc1C1(C)CCNCC1. The number of hydrogen-bond acceptors (Lipinski definition) is 3. The van der Waals surface area contributed by atoms with Crippen LogP contribution in [0.2, 0.25) is 0 Å². The molecule has 2 heterocycles. The van der Waals surface area contributed by atoms with Crippen molar-refractivity contribution in [2.75, 3.05) is 13.1 Å². The van der Waals surface area contributed by atoms with Crippen molar-refractivity contribution >= 4 is 0 Å². The average molecular weight is 208 g/mol. The molecule has 1 fully saturated rings. The highest BCUT2D eigenvalue weighted by molar-refractivity contribution is 5.08. The Morgan fingerprint density at radius 3 is 2.67 bits per heavy atom. The van der Waals surface area contributed by atoms with E-state index in [0.29, 0.717) is 6.04 Å². The second kappa shape index (κ2) is 3.93. The fourth-order valence-electron chi connectivity index (χ4n) is 2.25. The van der Waals surface area contributed by atoms with Gasteiger partial charge in [0.1, 0.15) is 12.2 Å². The first-order valence-electron chi connectivity index (χ1n) is 5.74. The van der Waals surface area contributed by atoms with E-state index < -0.39 is 0 Å². The van der Waals surface area contributed by atoms with Gasteiger partial charge in [0.2, 0.25) is 0 Å². The topological polar surface area (TPSA) is 42.7 Å². The smallest absolute Gasteiger partial charge is 0.139 e. The maximum absolute atomic E-state index is 4.32. The predicted molar refractivity (Wildman–Crippen MR) is 59.9 cm³/mol. The van der Waals surface area contributed by atoms with Crippen LogP contribution in [0.1, 0.15) is 45.5 Å². The van der Waals surface area contributed by atoms with Gasteiger partial charge in [-0.2, -0.15) is 0 Å². The second-order valence-corrected chi connectivity index (χ2v) is 4.97. The Morgan fingerprint density at radius 1 is 1.40 bits per heavy atom. The van der Waals surface area contributed by atoms with Gasteiger partial charge in [0.05, 0.1) is 0 Å². The zero-order valence-corrected chi connectivity index (χ0v) is 9.82. The van der Waals surface area contributed by atoms with Gasteiger partial charge in [0.15, 0.2) is 0 Å². The fraction of sp³-hybridized carbons (Fsp3) is 0.818. The van der Waals surface area contributed by atoms with Gasteiger partial charge in [-0.05, 0) is 39.8 Å². The van der Waals surface area contributed by atoms with Crippen LogP contribution in [-0.2, 0) is 5.41 Å². The molecular weight excluding hydrogens is 188 g/mol. The standard InChI is InChI=1S/C11H20N4/c1-9(2)15-8-13-14-10(15)11(3)4-6-12-7-5-11/h8-9,12H,4-7H2,1-3H3. The Balaban J connectivity index is 2.30. The van der Waals surface area contributed by atoms with E-state index in [4.69, 9.17) is 0 Å². The summed E-state index contributed by atoms with van der Waals surface area (Å²) in [7, 11) is 0. The van der Waals surface area contributed by atoms with Gasteiger partial charge in [0.25, 0.3) is 0 Å². The molecule has 4 heteroatoms. The third-order valence-electron chi connectivity index (χ3n) is 3.38. The molecule has 0 atom stereocenters. The lowest BCUT2D eigenvalue weighted by Gasteiger charge is -2.33. The molecule has 0 unspecified atom stereocenters. The van der Waals surface area contributed by atoms with E-state index in [1.54, 1.807) is 0 Å². The van der Waals surface area contributed by atoms with Crippen LogP contribution in [0, 0.1) is 0 Å². The lowest BCUT2D eigenvalue weighted by molar-refractivity contribution is 0.303. The first kappa shape index (κ1) is 10.6. The van der Waals surface area contributed by atoms with Crippen molar-refractivity contribution in [1.82, 2.24) is 20.1 Å². The van der Waals surface area contributed by atoms with Crippen LogP contribution in [-0.4, -0.2) is 27.9 Å². The molecule has 0 amide bonds. The summed E-state index contributed by atoms with van der Waals surface area (Å²) >= 11 is 0. The maximum Gasteiger partial charge on any atom is 0.139 e. The van der Waals surface area contributed by atoms with Crippen molar-refractivity contribution in [3.05, 3.63) is 12.2 Å². The largest absolute Gasteiger partial charge is 0.317 e. The van der Waals surface area contributed by atoms with Crippen LogP contribution in [0.25, 0.3) is 0 Å². The van der Waals surface area contributed by atoms with Crippen molar-refractivity contribution in [3.63, 3.8) is 0 Å². The molecule has 0 aromatic carbocycles. The minimum absolute atomic E-state index is 0.200. The van der Waals surface area contributed by atoms with Crippen molar-refractivity contribution < 1.29 is 0 Å². The molecule has 1 N–H and O–H groups in total. The molecule has 0 aliphatic carbocycles. The van der Waals surface area contributed by atoms with Gasteiger partial charge < -0.3 is 9.88 Å². The number of rotatable bonds is 2. The maximum atomic E-state index is 4.32. The summed E-state index contributed by atoms with van der Waals surface area (Å²) in [6, 6.07) is 0.446. The first-order chi connectivity index (χ1) is 7.13. The van der Waals surface area contributed by atoms with E-state index in [2.05, 4.69) is 40.9 Å². The van der Waals surface area contributed by atoms with Gasteiger partial charge in [-0.25, -0.2) is 0 Å². The van der Waals surface area contributed by atoms with Gasteiger partial charge in [-0.1, -0.05) is 6.92 Å². The van der Waals surface area contributed by atoms with E-state index in [1.807, 2.05) is 6.33 Å². The Morgan fingerprint density at radius 2 is 2.07 bits per heavy atom. The highest BCUT2D eigenvalue weighted by Gasteiger charge is 2.33. The molecule has 0 radical (unpaired) electrons. The molecule has 1 saturated heterocycles. The van der Waals surface area contributed by atoms with Crippen LogP contribution in [0.15, 0.2) is 6.33 Å². The van der Waals surface area contributed by atoms with E-state index in [1.165, 1.54) is 0 Å². The molecule has 0 bridgehead atoms. The number of hydrogen-bond donors (Lipinski definition) is 1. The molecule has 1 aliphatic rings. The molecule has 2 rings (SSSR count). The van der Waals surface area contributed by atoms with E-state index in [9.17, 15) is 0 Å². The molecule has 0 saturated carbocycles. The lowest BCUT2D eigenvalue weighted by atomic mass is 9.80. The second-order valence-electron chi connectivity index (χ2n) is 4.97. The molecular formula is C11H20N4. The minimum Gasteiger partial charge on any atom is -0.317 e. The van der Waals surface area contributed by atoms with Crippen LogP contribution in [0.5, 0.6) is 0 Å². The van der Waals surface area contributed by atoms with Crippen molar-refractivity contribution in [3.8, 4) is 0 Å². The summed E-state index contributed by atoms with van der Waals surface area (Å²) < 4.78 is 2.20. The first-order valence-corrected chi connectivity index (χ1v) is 5.74. The summed E-state index contributed by atoms with van der Waals surface area (Å²) in [6.07, 6.45) is 4.16. The molecule has 0 spiro atoms. The van der Waals surface area contributed by atoms with Gasteiger partial charge in [0, 0.05) is 11.5 Å². The number of nitrogens with zero attached hydrogens (tertiary/aromatic N) is 3. The molecule has 1 aromatic heterocycles. The molecule has 1 aliphatic heterocycles. The molecule has 4 nitrogen and oxygen atoms in total.